The maximum atomic E-state index is 11.4. The van der Waals surface area contributed by atoms with Crippen molar-refractivity contribution in [3.63, 3.8) is 0 Å². The number of hydrogen-bond acceptors (Lipinski definition) is 2. The standard InChI is InChI=1S/C18H15ClINO3/c1-2-24-16-6-3-10(19)7-14(16)18-13(9-17(22)23)12-8-11(20)4-5-15(12)21-18/h3-8,21H,2,9H2,1H3,(H,22,23). The third-order valence-electron chi connectivity index (χ3n) is 3.71. The summed E-state index contributed by atoms with van der Waals surface area (Å²) in [7, 11) is 0. The number of H-pyrrole nitrogens is 1. The van der Waals surface area contributed by atoms with E-state index in [-0.39, 0.29) is 6.42 Å². The van der Waals surface area contributed by atoms with E-state index >= 15 is 0 Å². The highest BCUT2D eigenvalue weighted by molar-refractivity contribution is 14.1. The molecule has 0 radical (unpaired) electrons. The van der Waals surface area contributed by atoms with Gasteiger partial charge in [0, 0.05) is 25.1 Å². The largest absolute Gasteiger partial charge is 0.493 e. The lowest BCUT2D eigenvalue weighted by Crippen LogP contribution is -2.02. The second-order valence-corrected chi connectivity index (χ2v) is 6.99. The number of nitrogens with one attached hydrogen (secondary N) is 1. The molecule has 0 bridgehead atoms. The predicted molar refractivity (Wildman–Crippen MR) is 104 cm³/mol. The van der Waals surface area contributed by atoms with Crippen LogP contribution in [0.1, 0.15) is 12.5 Å². The molecule has 1 heterocycles. The van der Waals surface area contributed by atoms with Gasteiger partial charge in [0.05, 0.1) is 18.7 Å². The minimum Gasteiger partial charge on any atom is -0.493 e. The highest BCUT2D eigenvalue weighted by atomic mass is 127. The molecule has 3 aromatic rings. The van der Waals surface area contributed by atoms with Gasteiger partial charge in [0.1, 0.15) is 5.75 Å². The summed E-state index contributed by atoms with van der Waals surface area (Å²) >= 11 is 8.38. The lowest BCUT2D eigenvalue weighted by molar-refractivity contribution is -0.136. The molecular formula is C18H15ClINO3. The van der Waals surface area contributed by atoms with E-state index in [2.05, 4.69) is 27.6 Å². The van der Waals surface area contributed by atoms with E-state index in [9.17, 15) is 9.90 Å². The molecule has 0 aliphatic rings. The lowest BCUT2D eigenvalue weighted by atomic mass is 10.0. The van der Waals surface area contributed by atoms with Crippen molar-refractivity contribution in [3.8, 4) is 17.0 Å². The van der Waals surface area contributed by atoms with Crippen molar-refractivity contribution in [2.24, 2.45) is 0 Å². The first-order valence-corrected chi connectivity index (χ1v) is 8.90. The number of carboxylic acid groups (broad SMARTS) is 1. The first-order valence-electron chi connectivity index (χ1n) is 7.44. The van der Waals surface area contributed by atoms with Crippen LogP contribution in [0.25, 0.3) is 22.2 Å². The van der Waals surface area contributed by atoms with Crippen molar-refractivity contribution in [1.82, 2.24) is 4.98 Å². The number of halogens is 2. The zero-order valence-electron chi connectivity index (χ0n) is 12.9. The Morgan fingerprint density at radius 1 is 1.29 bits per heavy atom. The summed E-state index contributed by atoms with van der Waals surface area (Å²) < 4.78 is 6.75. The SMILES string of the molecule is CCOc1ccc(Cl)cc1-c1[nH]c2ccc(I)cc2c1CC(=O)O. The third kappa shape index (κ3) is 3.37. The van der Waals surface area contributed by atoms with Crippen molar-refractivity contribution < 1.29 is 14.6 Å². The molecule has 0 aliphatic heterocycles. The maximum absolute atomic E-state index is 11.4. The topological polar surface area (TPSA) is 62.3 Å². The van der Waals surface area contributed by atoms with Crippen molar-refractivity contribution >= 4 is 51.1 Å². The van der Waals surface area contributed by atoms with E-state index in [4.69, 9.17) is 16.3 Å². The maximum Gasteiger partial charge on any atom is 0.307 e. The Morgan fingerprint density at radius 3 is 2.79 bits per heavy atom. The molecule has 1 aromatic heterocycles. The third-order valence-corrected chi connectivity index (χ3v) is 4.61. The first kappa shape index (κ1) is 17.1. The molecule has 0 amide bonds. The van der Waals surface area contributed by atoms with Gasteiger partial charge in [-0.3, -0.25) is 4.79 Å². The summed E-state index contributed by atoms with van der Waals surface area (Å²) in [5.74, 6) is -0.203. The highest BCUT2D eigenvalue weighted by Gasteiger charge is 2.19. The summed E-state index contributed by atoms with van der Waals surface area (Å²) in [5.41, 5.74) is 3.13. The zero-order chi connectivity index (χ0) is 17.3. The Balaban J connectivity index is 2.29. The van der Waals surface area contributed by atoms with Crippen molar-refractivity contribution in [2.45, 2.75) is 13.3 Å². The minimum absolute atomic E-state index is 0.0759. The van der Waals surface area contributed by atoms with Crippen LogP contribution in [0.15, 0.2) is 36.4 Å². The Morgan fingerprint density at radius 2 is 2.08 bits per heavy atom. The Hall–Kier alpha value is -1.73. The number of carbonyl (C=O) groups is 1. The molecule has 2 N–H and O–H groups in total. The molecule has 3 rings (SSSR count). The number of benzene rings is 2. The molecule has 0 saturated carbocycles. The Kier molecular flexibility index (Phi) is 5.01. The number of rotatable bonds is 5. The molecule has 4 nitrogen and oxygen atoms in total. The predicted octanol–water partition coefficient (Wildman–Crippen LogP) is 5.12. The Bertz CT molecular complexity index is 920. The molecule has 24 heavy (non-hydrogen) atoms. The van der Waals surface area contributed by atoms with Crippen LogP contribution in [0.3, 0.4) is 0 Å². The van der Waals surface area contributed by atoms with Crippen LogP contribution in [0.5, 0.6) is 5.75 Å². The summed E-state index contributed by atoms with van der Waals surface area (Å²) in [6.07, 6.45) is -0.0759. The smallest absolute Gasteiger partial charge is 0.307 e. The highest BCUT2D eigenvalue weighted by Crippen LogP contribution is 2.38. The molecule has 0 atom stereocenters. The average Bonchev–Trinajstić information content (AvgIpc) is 2.87. The van der Waals surface area contributed by atoms with Crippen LogP contribution in [-0.4, -0.2) is 22.7 Å². The second kappa shape index (κ2) is 7.03. The fourth-order valence-electron chi connectivity index (χ4n) is 2.76. The van der Waals surface area contributed by atoms with Gasteiger partial charge in [-0.05, 0) is 71.5 Å². The van der Waals surface area contributed by atoms with Crippen molar-refractivity contribution in [3.05, 3.63) is 50.6 Å². The van der Waals surface area contributed by atoms with Gasteiger partial charge in [0.25, 0.3) is 0 Å². The van der Waals surface area contributed by atoms with E-state index in [1.165, 1.54) is 0 Å². The summed E-state index contributed by atoms with van der Waals surface area (Å²) in [4.78, 5) is 14.7. The number of hydrogen-bond donors (Lipinski definition) is 2. The Labute approximate surface area is 157 Å². The summed E-state index contributed by atoms with van der Waals surface area (Å²) in [5, 5.41) is 10.8. The number of aromatic nitrogens is 1. The van der Waals surface area contributed by atoms with Gasteiger partial charge in [-0.15, -0.1) is 0 Å². The average molecular weight is 456 g/mol. The molecule has 6 heteroatoms. The molecule has 2 aromatic carbocycles. The van der Waals surface area contributed by atoms with Crippen LogP contribution < -0.4 is 4.74 Å². The molecule has 0 spiro atoms. The van der Waals surface area contributed by atoms with E-state index in [1.54, 1.807) is 18.2 Å². The molecule has 0 fully saturated rings. The van der Waals surface area contributed by atoms with E-state index in [0.717, 1.165) is 31.3 Å². The monoisotopic (exact) mass is 455 g/mol. The van der Waals surface area contributed by atoms with E-state index < -0.39 is 5.97 Å². The fourth-order valence-corrected chi connectivity index (χ4v) is 3.43. The number of aromatic amines is 1. The molecule has 0 aliphatic carbocycles. The van der Waals surface area contributed by atoms with Gasteiger partial charge < -0.3 is 14.8 Å². The van der Waals surface area contributed by atoms with Gasteiger partial charge >= 0.3 is 5.97 Å². The van der Waals surface area contributed by atoms with E-state index in [1.807, 2.05) is 25.1 Å². The van der Waals surface area contributed by atoms with Gasteiger partial charge in [-0.25, -0.2) is 0 Å². The van der Waals surface area contributed by atoms with Crippen LogP contribution in [0.2, 0.25) is 5.02 Å². The number of carboxylic acids is 1. The van der Waals surface area contributed by atoms with Gasteiger partial charge in [0.15, 0.2) is 0 Å². The zero-order valence-corrected chi connectivity index (χ0v) is 15.8. The van der Waals surface area contributed by atoms with Crippen LogP contribution in [0.4, 0.5) is 0 Å². The minimum atomic E-state index is -0.879. The van der Waals surface area contributed by atoms with Gasteiger partial charge in [-0.2, -0.15) is 0 Å². The second-order valence-electron chi connectivity index (χ2n) is 5.31. The summed E-state index contributed by atoms with van der Waals surface area (Å²) in [6, 6.07) is 11.3. The quantitative estimate of drug-likeness (QED) is 0.525. The van der Waals surface area contributed by atoms with Crippen LogP contribution in [0, 0.1) is 3.57 Å². The van der Waals surface area contributed by atoms with Crippen LogP contribution in [-0.2, 0) is 11.2 Å². The van der Waals surface area contributed by atoms with Crippen molar-refractivity contribution in [2.75, 3.05) is 6.61 Å². The first-order chi connectivity index (χ1) is 11.5. The van der Waals surface area contributed by atoms with E-state index in [0.29, 0.717) is 17.4 Å². The molecular weight excluding hydrogens is 441 g/mol. The molecule has 124 valence electrons. The normalized spacial score (nSPS) is 11.0. The number of aliphatic carboxylic acids is 1. The molecule has 0 saturated heterocycles. The van der Waals surface area contributed by atoms with Crippen LogP contribution >= 0.6 is 34.2 Å². The fraction of sp³-hybridized carbons (Fsp3) is 0.167. The number of ether oxygens (including phenoxy) is 1. The molecule has 0 unspecified atom stereocenters. The van der Waals surface area contributed by atoms with Gasteiger partial charge in [0.2, 0.25) is 0 Å². The van der Waals surface area contributed by atoms with Crippen molar-refractivity contribution in [1.29, 1.82) is 0 Å². The number of fused-ring (bicyclic) bond motifs is 1. The van der Waals surface area contributed by atoms with Gasteiger partial charge in [-0.1, -0.05) is 11.6 Å². The summed E-state index contributed by atoms with van der Waals surface area (Å²) in [6.45, 7) is 2.42. The lowest BCUT2D eigenvalue weighted by Gasteiger charge is -2.11.